The number of likely N-dealkylation sites (tertiary alicyclic amines) is 1. The lowest BCUT2D eigenvalue weighted by atomic mass is 9.92. The van der Waals surface area contributed by atoms with Gasteiger partial charge < -0.3 is 15.5 Å². The molecular weight excluding hydrogens is 378 g/mol. The van der Waals surface area contributed by atoms with E-state index in [-0.39, 0.29) is 29.7 Å². The molecule has 6 heteroatoms. The van der Waals surface area contributed by atoms with Gasteiger partial charge in [-0.15, -0.1) is 0 Å². The minimum Gasteiger partial charge on any atom is -0.356 e. The van der Waals surface area contributed by atoms with E-state index in [0.717, 1.165) is 44.1 Å². The molecule has 162 valence electrons. The van der Waals surface area contributed by atoms with Crippen LogP contribution in [0.4, 0.5) is 0 Å². The van der Waals surface area contributed by atoms with Crippen LogP contribution in [0.25, 0.3) is 6.08 Å². The maximum absolute atomic E-state index is 12.8. The van der Waals surface area contributed by atoms with Crippen molar-refractivity contribution < 1.29 is 14.4 Å². The molecule has 1 aliphatic carbocycles. The molecule has 30 heavy (non-hydrogen) atoms. The van der Waals surface area contributed by atoms with Gasteiger partial charge in [-0.2, -0.15) is 0 Å². The Bertz CT molecular complexity index is 783. The van der Waals surface area contributed by atoms with Gasteiger partial charge in [-0.05, 0) is 62.8 Å². The molecule has 2 atom stereocenters. The van der Waals surface area contributed by atoms with E-state index >= 15 is 0 Å². The molecular formula is C24H33N3O3. The predicted octanol–water partition coefficient (Wildman–Crippen LogP) is 3.14. The number of hydrogen-bond donors (Lipinski definition) is 2. The van der Waals surface area contributed by atoms with Crippen LogP contribution in [0.15, 0.2) is 30.3 Å². The van der Waals surface area contributed by atoms with Gasteiger partial charge in [0, 0.05) is 36.8 Å². The van der Waals surface area contributed by atoms with Crippen molar-refractivity contribution in [1.29, 1.82) is 0 Å². The van der Waals surface area contributed by atoms with Gasteiger partial charge in [0.1, 0.15) is 0 Å². The first-order valence-electron chi connectivity index (χ1n) is 11.1. The molecule has 0 spiro atoms. The molecule has 3 amide bonds. The molecule has 2 fully saturated rings. The summed E-state index contributed by atoms with van der Waals surface area (Å²) in [6.45, 7) is 5.29. The van der Waals surface area contributed by atoms with Crippen LogP contribution < -0.4 is 10.6 Å². The van der Waals surface area contributed by atoms with Crippen molar-refractivity contribution in [2.75, 3.05) is 13.1 Å². The second kappa shape index (κ2) is 10.4. The average molecular weight is 412 g/mol. The quantitative estimate of drug-likeness (QED) is 0.510. The van der Waals surface area contributed by atoms with Crippen molar-refractivity contribution in [3.8, 4) is 0 Å². The number of carbonyl (C=O) groups is 3. The van der Waals surface area contributed by atoms with Crippen LogP contribution in [0, 0.1) is 5.92 Å². The van der Waals surface area contributed by atoms with Crippen molar-refractivity contribution in [1.82, 2.24) is 15.5 Å². The minimum absolute atomic E-state index is 0.0468. The summed E-state index contributed by atoms with van der Waals surface area (Å²) in [6, 6.07) is 7.70. The van der Waals surface area contributed by atoms with Crippen molar-refractivity contribution in [2.24, 2.45) is 5.92 Å². The molecule has 1 saturated carbocycles. The van der Waals surface area contributed by atoms with Crippen LogP contribution in [0.2, 0.25) is 0 Å². The zero-order chi connectivity index (χ0) is 21.5. The summed E-state index contributed by atoms with van der Waals surface area (Å²) in [5.74, 6) is -0.213. The molecule has 2 aliphatic rings. The fourth-order valence-electron chi connectivity index (χ4n) is 3.67. The second-order valence-corrected chi connectivity index (χ2v) is 8.46. The molecule has 1 aromatic carbocycles. The first-order valence-corrected chi connectivity index (χ1v) is 11.1. The summed E-state index contributed by atoms with van der Waals surface area (Å²) in [7, 11) is 0. The normalized spacial score (nSPS) is 21.5. The smallest absolute Gasteiger partial charge is 0.251 e. The monoisotopic (exact) mass is 411 g/mol. The molecule has 2 unspecified atom stereocenters. The van der Waals surface area contributed by atoms with E-state index in [4.69, 9.17) is 0 Å². The Morgan fingerprint density at radius 3 is 2.50 bits per heavy atom. The number of piperidine rings is 1. The molecule has 2 N–H and O–H groups in total. The maximum atomic E-state index is 12.8. The number of rotatable bonds is 8. The van der Waals surface area contributed by atoms with Gasteiger partial charge in [-0.25, -0.2) is 0 Å². The predicted molar refractivity (Wildman–Crippen MR) is 118 cm³/mol. The number of carbonyl (C=O) groups excluding carboxylic acids is 3. The lowest BCUT2D eigenvalue weighted by molar-refractivity contribution is -0.134. The number of hydrogen-bond acceptors (Lipinski definition) is 3. The summed E-state index contributed by atoms with van der Waals surface area (Å²) < 4.78 is 0. The third-order valence-corrected chi connectivity index (χ3v) is 5.87. The highest BCUT2D eigenvalue weighted by Gasteiger charge is 2.31. The largest absolute Gasteiger partial charge is 0.356 e. The van der Waals surface area contributed by atoms with E-state index < -0.39 is 0 Å². The van der Waals surface area contributed by atoms with E-state index in [1.807, 2.05) is 19.1 Å². The Labute approximate surface area is 179 Å². The van der Waals surface area contributed by atoms with Gasteiger partial charge in [0.25, 0.3) is 5.91 Å². The SMILES string of the molecule is CCCCNC(=O)C1CCC(C)N(C(=O)C=Cc2ccc(C(=O)NC3CC3)cc2)C1. The Hall–Kier alpha value is -2.63. The Morgan fingerprint density at radius 1 is 1.10 bits per heavy atom. The molecule has 0 bridgehead atoms. The van der Waals surface area contributed by atoms with Gasteiger partial charge in [-0.3, -0.25) is 14.4 Å². The van der Waals surface area contributed by atoms with Gasteiger partial charge >= 0.3 is 0 Å². The Kier molecular flexibility index (Phi) is 7.66. The van der Waals surface area contributed by atoms with Crippen molar-refractivity contribution >= 4 is 23.8 Å². The zero-order valence-electron chi connectivity index (χ0n) is 18.0. The topological polar surface area (TPSA) is 78.5 Å². The van der Waals surface area contributed by atoms with E-state index in [1.54, 1.807) is 29.2 Å². The number of nitrogens with zero attached hydrogens (tertiary/aromatic N) is 1. The Balaban J connectivity index is 1.54. The third kappa shape index (κ3) is 6.18. The van der Waals surface area contributed by atoms with Gasteiger partial charge in [0.15, 0.2) is 0 Å². The van der Waals surface area contributed by atoms with Crippen LogP contribution in [0.3, 0.4) is 0 Å². The van der Waals surface area contributed by atoms with Crippen LogP contribution in [-0.2, 0) is 9.59 Å². The summed E-state index contributed by atoms with van der Waals surface area (Å²) >= 11 is 0. The average Bonchev–Trinajstić information content (AvgIpc) is 3.56. The fraction of sp³-hybridized carbons (Fsp3) is 0.542. The second-order valence-electron chi connectivity index (χ2n) is 8.46. The first-order chi connectivity index (χ1) is 14.5. The standard InChI is InChI=1S/C24H33N3O3/c1-3-4-15-25-23(29)20-9-5-17(2)27(16-20)22(28)14-8-18-6-10-19(11-7-18)24(30)26-21-12-13-21/h6-8,10-11,14,17,20-21H,3-5,9,12-13,15-16H2,1-2H3,(H,25,29)(H,26,30). The minimum atomic E-state index is -0.139. The van der Waals surface area contributed by atoms with Crippen LogP contribution in [-0.4, -0.2) is 47.8 Å². The summed E-state index contributed by atoms with van der Waals surface area (Å²) in [6.07, 6.45) is 9.11. The van der Waals surface area contributed by atoms with E-state index in [9.17, 15) is 14.4 Å². The summed E-state index contributed by atoms with van der Waals surface area (Å²) in [4.78, 5) is 39.0. The molecule has 0 aromatic heterocycles. The van der Waals surface area contributed by atoms with Gasteiger partial charge in [-0.1, -0.05) is 25.5 Å². The van der Waals surface area contributed by atoms with E-state index in [1.165, 1.54) is 0 Å². The lowest BCUT2D eigenvalue weighted by Gasteiger charge is -2.36. The van der Waals surface area contributed by atoms with Crippen LogP contribution in [0.5, 0.6) is 0 Å². The third-order valence-electron chi connectivity index (χ3n) is 5.87. The molecule has 1 aliphatic heterocycles. The van der Waals surface area contributed by atoms with E-state index in [0.29, 0.717) is 24.7 Å². The molecule has 0 radical (unpaired) electrons. The number of nitrogens with one attached hydrogen (secondary N) is 2. The van der Waals surface area contributed by atoms with E-state index in [2.05, 4.69) is 17.6 Å². The molecule has 1 heterocycles. The lowest BCUT2D eigenvalue weighted by Crippen LogP contribution is -2.49. The van der Waals surface area contributed by atoms with Crippen molar-refractivity contribution in [2.45, 2.75) is 64.5 Å². The van der Waals surface area contributed by atoms with Crippen molar-refractivity contribution in [3.05, 3.63) is 41.5 Å². The van der Waals surface area contributed by atoms with Gasteiger partial charge in [0.2, 0.25) is 11.8 Å². The van der Waals surface area contributed by atoms with Gasteiger partial charge in [0.05, 0.1) is 5.92 Å². The Morgan fingerprint density at radius 2 is 1.83 bits per heavy atom. The highest BCUT2D eigenvalue weighted by atomic mass is 16.2. The highest BCUT2D eigenvalue weighted by molar-refractivity contribution is 5.95. The first kappa shape index (κ1) is 22.1. The number of unbranched alkanes of at least 4 members (excludes halogenated alkanes) is 1. The number of benzene rings is 1. The maximum Gasteiger partial charge on any atom is 0.251 e. The summed E-state index contributed by atoms with van der Waals surface area (Å²) in [5.41, 5.74) is 1.50. The number of amides is 3. The van der Waals surface area contributed by atoms with Crippen LogP contribution >= 0.6 is 0 Å². The molecule has 3 rings (SSSR count). The molecule has 6 nitrogen and oxygen atoms in total. The zero-order valence-corrected chi connectivity index (χ0v) is 18.0. The molecule has 1 aromatic rings. The van der Waals surface area contributed by atoms with Crippen LogP contribution in [0.1, 0.15) is 68.3 Å². The summed E-state index contributed by atoms with van der Waals surface area (Å²) in [5, 5.41) is 5.95. The highest BCUT2D eigenvalue weighted by Crippen LogP contribution is 2.23. The molecule has 1 saturated heterocycles. The fourth-order valence-corrected chi connectivity index (χ4v) is 3.67. The van der Waals surface area contributed by atoms with Crippen molar-refractivity contribution in [3.63, 3.8) is 0 Å².